The molecule has 1 aliphatic rings. The van der Waals surface area contributed by atoms with Gasteiger partial charge in [-0.3, -0.25) is 4.68 Å². The van der Waals surface area contributed by atoms with Crippen molar-refractivity contribution in [2.75, 3.05) is 5.73 Å². The van der Waals surface area contributed by atoms with E-state index < -0.39 is 0 Å². The highest BCUT2D eigenvalue weighted by molar-refractivity contribution is 5.34. The SMILES string of the molecule is Cn1nc(C2(C)CCC2)cc1N. The topological polar surface area (TPSA) is 43.8 Å². The molecule has 3 heteroatoms. The minimum absolute atomic E-state index is 0.315. The fourth-order valence-corrected chi connectivity index (χ4v) is 1.74. The van der Waals surface area contributed by atoms with E-state index in [1.54, 1.807) is 4.68 Å². The summed E-state index contributed by atoms with van der Waals surface area (Å²) >= 11 is 0. The van der Waals surface area contributed by atoms with Crippen LogP contribution in [0.15, 0.2) is 6.07 Å². The lowest BCUT2D eigenvalue weighted by Gasteiger charge is -2.36. The summed E-state index contributed by atoms with van der Waals surface area (Å²) in [5.41, 5.74) is 7.19. The van der Waals surface area contributed by atoms with E-state index in [1.165, 1.54) is 19.3 Å². The second-order valence-corrected chi connectivity index (χ2v) is 3.99. The van der Waals surface area contributed by atoms with Gasteiger partial charge in [0, 0.05) is 18.5 Å². The van der Waals surface area contributed by atoms with Gasteiger partial charge < -0.3 is 5.73 Å². The largest absolute Gasteiger partial charge is 0.384 e. The Morgan fingerprint density at radius 3 is 2.58 bits per heavy atom. The Labute approximate surface area is 72.6 Å². The molecule has 0 atom stereocenters. The summed E-state index contributed by atoms with van der Waals surface area (Å²) in [4.78, 5) is 0. The van der Waals surface area contributed by atoms with E-state index in [9.17, 15) is 0 Å². The number of hydrogen-bond donors (Lipinski definition) is 1. The summed E-state index contributed by atoms with van der Waals surface area (Å²) in [5, 5.41) is 4.40. The number of hydrogen-bond acceptors (Lipinski definition) is 2. The first kappa shape index (κ1) is 7.65. The van der Waals surface area contributed by atoms with E-state index in [4.69, 9.17) is 5.73 Å². The zero-order valence-electron chi connectivity index (χ0n) is 7.67. The first-order valence-electron chi connectivity index (χ1n) is 4.42. The first-order chi connectivity index (χ1) is 5.62. The van der Waals surface area contributed by atoms with Gasteiger partial charge in [-0.1, -0.05) is 13.3 Å². The summed E-state index contributed by atoms with van der Waals surface area (Å²) in [6.45, 7) is 2.26. The van der Waals surface area contributed by atoms with Gasteiger partial charge >= 0.3 is 0 Å². The fourth-order valence-electron chi connectivity index (χ4n) is 1.74. The minimum Gasteiger partial charge on any atom is -0.384 e. The number of nitrogens with zero attached hydrogens (tertiary/aromatic N) is 2. The zero-order chi connectivity index (χ0) is 8.77. The van der Waals surface area contributed by atoms with Gasteiger partial charge in [0.1, 0.15) is 5.82 Å². The van der Waals surface area contributed by atoms with Crippen molar-refractivity contribution < 1.29 is 0 Å². The lowest BCUT2D eigenvalue weighted by molar-refractivity contribution is 0.263. The Bertz CT molecular complexity index is 277. The number of nitrogens with two attached hydrogens (primary N) is 1. The Balaban J connectivity index is 2.34. The molecule has 66 valence electrons. The third kappa shape index (κ3) is 0.924. The van der Waals surface area contributed by atoms with Crippen molar-refractivity contribution in [3.8, 4) is 0 Å². The van der Waals surface area contributed by atoms with Gasteiger partial charge in [0.15, 0.2) is 0 Å². The van der Waals surface area contributed by atoms with Crippen molar-refractivity contribution in [3.05, 3.63) is 11.8 Å². The van der Waals surface area contributed by atoms with Crippen LogP contribution in [0.4, 0.5) is 5.82 Å². The van der Waals surface area contributed by atoms with Crippen LogP contribution in [0.2, 0.25) is 0 Å². The van der Waals surface area contributed by atoms with Crippen LogP contribution in [0, 0.1) is 0 Å². The molecule has 12 heavy (non-hydrogen) atoms. The highest BCUT2D eigenvalue weighted by Gasteiger charge is 2.35. The van der Waals surface area contributed by atoms with Crippen LogP contribution in [0.5, 0.6) is 0 Å². The van der Waals surface area contributed by atoms with Gasteiger partial charge in [-0.05, 0) is 12.8 Å². The number of aromatic nitrogens is 2. The van der Waals surface area contributed by atoms with Crippen LogP contribution in [0.25, 0.3) is 0 Å². The maximum Gasteiger partial charge on any atom is 0.121 e. The molecule has 1 aromatic heterocycles. The molecule has 2 N–H and O–H groups in total. The van der Waals surface area contributed by atoms with Crippen molar-refractivity contribution in [1.29, 1.82) is 0 Å². The van der Waals surface area contributed by atoms with Gasteiger partial charge in [-0.25, -0.2) is 0 Å². The van der Waals surface area contributed by atoms with Crippen LogP contribution in [0.3, 0.4) is 0 Å². The summed E-state index contributed by atoms with van der Waals surface area (Å²) in [6.07, 6.45) is 3.83. The highest BCUT2D eigenvalue weighted by atomic mass is 15.3. The predicted octanol–water partition coefficient (Wildman–Crippen LogP) is 1.44. The quantitative estimate of drug-likeness (QED) is 0.684. The molecule has 0 aromatic carbocycles. The van der Waals surface area contributed by atoms with E-state index >= 15 is 0 Å². The predicted molar refractivity (Wildman–Crippen MR) is 48.8 cm³/mol. The van der Waals surface area contributed by atoms with Crippen molar-refractivity contribution in [2.45, 2.75) is 31.6 Å². The molecule has 0 aliphatic heterocycles. The van der Waals surface area contributed by atoms with Crippen LogP contribution in [-0.4, -0.2) is 9.78 Å². The summed E-state index contributed by atoms with van der Waals surface area (Å²) < 4.78 is 1.75. The maximum atomic E-state index is 5.72. The smallest absolute Gasteiger partial charge is 0.121 e. The Morgan fingerprint density at radius 2 is 2.25 bits per heavy atom. The Hall–Kier alpha value is -0.990. The van der Waals surface area contributed by atoms with Crippen LogP contribution in [0.1, 0.15) is 31.9 Å². The van der Waals surface area contributed by atoms with Gasteiger partial charge in [0.05, 0.1) is 5.69 Å². The normalized spacial score (nSPS) is 20.5. The molecule has 2 rings (SSSR count). The third-order valence-corrected chi connectivity index (χ3v) is 2.99. The standard InChI is InChI=1S/C9H15N3/c1-9(4-3-5-9)7-6-8(10)12(2)11-7/h6H,3-5,10H2,1-2H3. The number of rotatable bonds is 1. The second kappa shape index (κ2) is 2.25. The fraction of sp³-hybridized carbons (Fsp3) is 0.667. The second-order valence-electron chi connectivity index (χ2n) is 3.99. The average Bonchev–Trinajstić information content (AvgIpc) is 2.28. The molecular formula is C9H15N3. The molecule has 0 radical (unpaired) electrons. The molecule has 0 saturated heterocycles. The molecule has 3 nitrogen and oxygen atoms in total. The van der Waals surface area contributed by atoms with Crippen molar-refractivity contribution >= 4 is 5.82 Å². The van der Waals surface area contributed by atoms with Crippen molar-refractivity contribution in [1.82, 2.24) is 9.78 Å². The average molecular weight is 165 g/mol. The van der Waals surface area contributed by atoms with Crippen LogP contribution < -0.4 is 5.73 Å². The van der Waals surface area contributed by atoms with Crippen molar-refractivity contribution in [3.63, 3.8) is 0 Å². The summed E-state index contributed by atoms with van der Waals surface area (Å²) in [6, 6.07) is 2.00. The molecule has 0 spiro atoms. The molecule has 0 bridgehead atoms. The van der Waals surface area contributed by atoms with E-state index in [0.717, 1.165) is 11.5 Å². The molecule has 1 aliphatic carbocycles. The van der Waals surface area contributed by atoms with Crippen molar-refractivity contribution in [2.24, 2.45) is 7.05 Å². The molecule has 0 unspecified atom stereocenters. The highest BCUT2D eigenvalue weighted by Crippen LogP contribution is 2.42. The van der Waals surface area contributed by atoms with Crippen LogP contribution >= 0.6 is 0 Å². The van der Waals surface area contributed by atoms with E-state index in [1.807, 2.05) is 13.1 Å². The summed E-state index contributed by atoms with van der Waals surface area (Å²) in [7, 11) is 1.89. The molecule has 0 amide bonds. The zero-order valence-corrected chi connectivity index (χ0v) is 7.67. The molecular weight excluding hydrogens is 150 g/mol. The third-order valence-electron chi connectivity index (χ3n) is 2.99. The van der Waals surface area contributed by atoms with E-state index in [-0.39, 0.29) is 0 Å². The van der Waals surface area contributed by atoms with Gasteiger partial charge in [0.2, 0.25) is 0 Å². The number of nitrogen functional groups attached to an aromatic ring is 1. The molecule has 1 fully saturated rings. The molecule has 1 aromatic rings. The Kier molecular flexibility index (Phi) is 1.43. The lowest BCUT2D eigenvalue weighted by Crippen LogP contribution is -2.30. The molecule has 1 saturated carbocycles. The van der Waals surface area contributed by atoms with Gasteiger partial charge in [-0.2, -0.15) is 5.10 Å². The van der Waals surface area contributed by atoms with Crippen LogP contribution in [-0.2, 0) is 12.5 Å². The Morgan fingerprint density at radius 1 is 1.58 bits per heavy atom. The van der Waals surface area contributed by atoms with E-state index in [0.29, 0.717) is 5.41 Å². The lowest BCUT2D eigenvalue weighted by atomic mass is 9.68. The van der Waals surface area contributed by atoms with Gasteiger partial charge in [-0.15, -0.1) is 0 Å². The minimum atomic E-state index is 0.315. The monoisotopic (exact) mass is 165 g/mol. The first-order valence-corrected chi connectivity index (χ1v) is 4.42. The van der Waals surface area contributed by atoms with Gasteiger partial charge in [0.25, 0.3) is 0 Å². The summed E-state index contributed by atoms with van der Waals surface area (Å²) in [5.74, 6) is 0.762. The molecule has 1 heterocycles. The number of anilines is 1. The number of aryl methyl sites for hydroxylation is 1. The maximum absolute atomic E-state index is 5.72. The van der Waals surface area contributed by atoms with E-state index in [2.05, 4.69) is 12.0 Å².